The zero-order valence-electron chi connectivity index (χ0n) is 26.4. The van der Waals surface area contributed by atoms with Crippen molar-refractivity contribution in [1.29, 1.82) is 0 Å². The van der Waals surface area contributed by atoms with E-state index in [1.54, 1.807) is 6.08 Å². The second kappa shape index (κ2) is 9.28. The highest BCUT2D eigenvalue weighted by Crippen LogP contribution is 2.66. The van der Waals surface area contributed by atoms with Gasteiger partial charge < -0.3 is 23.2 Å². The zero-order chi connectivity index (χ0) is 29.4. The summed E-state index contributed by atoms with van der Waals surface area (Å²) in [6.45, 7) is 28.2. The highest BCUT2D eigenvalue weighted by atomic mass is 28.4. The average Bonchev–Trinajstić information content (AvgIpc) is 3.09. The Kier molecular flexibility index (Phi) is 7.26. The standard InChI is InChI=1S/C31H49BO6Si/c1-21(20-32-37-28(7,8)29(9,10)38-32)16-23-17-22(25(33)34-23)14-15-31-27(5,6)18-24(19-30(31,11)36-31)35-39(12,13)26(2,3)4/h14-17,20,24H,18-19H2,1-13H3/b15-14+,21-20+,23-16-/t24-,30+,31-/m0/s1. The molecule has 3 atom stereocenters. The number of carbonyl (C=O) groups excluding carboxylic acids is 1. The fraction of sp³-hybridized carbons (Fsp3) is 0.710. The van der Waals surface area contributed by atoms with E-state index in [-0.39, 0.29) is 28.1 Å². The summed E-state index contributed by atoms with van der Waals surface area (Å²) in [6, 6.07) is 0. The number of rotatable bonds is 6. The molecule has 1 aliphatic carbocycles. The minimum atomic E-state index is -1.89. The molecule has 0 N–H and O–H groups in total. The van der Waals surface area contributed by atoms with Gasteiger partial charge in [-0.25, -0.2) is 4.79 Å². The summed E-state index contributed by atoms with van der Waals surface area (Å²) in [5, 5.41) is 0.162. The van der Waals surface area contributed by atoms with Crippen LogP contribution in [-0.4, -0.2) is 49.9 Å². The molecule has 8 heteroatoms. The first kappa shape index (κ1) is 30.5. The molecule has 4 rings (SSSR count). The van der Waals surface area contributed by atoms with Crippen LogP contribution in [0.15, 0.2) is 47.2 Å². The van der Waals surface area contributed by atoms with Crippen molar-refractivity contribution in [2.24, 2.45) is 5.41 Å². The van der Waals surface area contributed by atoms with Crippen molar-refractivity contribution in [2.75, 3.05) is 0 Å². The summed E-state index contributed by atoms with van der Waals surface area (Å²) in [5.74, 6) is 2.06. The molecule has 0 radical (unpaired) electrons. The molecular weight excluding hydrogens is 507 g/mol. The van der Waals surface area contributed by atoms with Crippen molar-refractivity contribution in [3.8, 4) is 0 Å². The number of cyclic esters (lactones) is 1. The van der Waals surface area contributed by atoms with Crippen LogP contribution in [0, 0.1) is 5.41 Å². The van der Waals surface area contributed by atoms with Gasteiger partial charge in [-0.1, -0.05) is 46.2 Å². The topological polar surface area (TPSA) is 66.5 Å². The van der Waals surface area contributed by atoms with Crippen LogP contribution in [-0.2, 0) is 28.0 Å². The van der Waals surface area contributed by atoms with Crippen molar-refractivity contribution in [1.82, 2.24) is 0 Å². The van der Waals surface area contributed by atoms with Crippen LogP contribution in [0.3, 0.4) is 0 Å². The van der Waals surface area contributed by atoms with Gasteiger partial charge in [-0.2, -0.15) is 0 Å². The molecule has 0 aromatic heterocycles. The van der Waals surface area contributed by atoms with E-state index in [4.69, 9.17) is 23.2 Å². The molecule has 3 heterocycles. The van der Waals surface area contributed by atoms with Crippen molar-refractivity contribution in [3.63, 3.8) is 0 Å². The normalized spacial score (nSPS) is 34.9. The maximum atomic E-state index is 12.7. The zero-order valence-corrected chi connectivity index (χ0v) is 27.4. The second-order valence-corrected chi connectivity index (χ2v) is 20.0. The number of epoxide rings is 1. The van der Waals surface area contributed by atoms with E-state index in [2.05, 4.69) is 60.7 Å². The quantitative estimate of drug-likeness (QED) is 0.195. The number of hydrogen-bond donors (Lipinski definition) is 0. The molecule has 0 amide bonds. The molecule has 3 fully saturated rings. The summed E-state index contributed by atoms with van der Waals surface area (Å²) in [7, 11) is -2.34. The van der Waals surface area contributed by atoms with Crippen molar-refractivity contribution in [3.05, 3.63) is 47.2 Å². The summed E-state index contributed by atoms with van der Waals surface area (Å²) < 4.78 is 31.0. The molecule has 0 unspecified atom stereocenters. The Morgan fingerprint density at radius 1 is 1.05 bits per heavy atom. The lowest BCUT2D eigenvalue weighted by atomic mass is 9.63. The van der Waals surface area contributed by atoms with E-state index < -0.39 is 32.2 Å². The summed E-state index contributed by atoms with van der Waals surface area (Å²) >= 11 is 0. The maximum absolute atomic E-state index is 12.7. The third kappa shape index (κ3) is 5.44. The van der Waals surface area contributed by atoms with Crippen molar-refractivity contribution < 1.29 is 28.0 Å². The summed E-state index contributed by atoms with van der Waals surface area (Å²) in [5.41, 5.74) is -0.282. The van der Waals surface area contributed by atoms with E-state index in [9.17, 15) is 4.79 Å². The van der Waals surface area contributed by atoms with E-state index in [1.807, 2.05) is 52.7 Å². The van der Waals surface area contributed by atoms with Gasteiger partial charge >= 0.3 is 13.1 Å². The second-order valence-electron chi connectivity index (χ2n) is 15.3. The highest BCUT2D eigenvalue weighted by molar-refractivity contribution is 6.74. The predicted molar refractivity (Wildman–Crippen MR) is 159 cm³/mol. The van der Waals surface area contributed by atoms with Crippen LogP contribution in [0.4, 0.5) is 0 Å². The fourth-order valence-corrected chi connectivity index (χ4v) is 7.32. The predicted octanol–water partition coefficient (Wildman–Crippen LogP) is 7.23. The number of ether oxygens (including phenoxy) is 2. The molecule has 0 spiro atoms. The smallest absolute Gasteiger partial charge is 0.423 e. The molecule has 216 valence electrons. The van der Waals surface area contributed by atoms with Gasteiger partial charge in [-0.3, -0.25) is 0 Å². The van der Waals surface area contributed by atoms with E-state index in [1.165, 1.54) is 0 Å². The largest absolute Gasteiger partial charge is 0.487 e. The number of allylic oxidation sites excluding steroid dienone is 3. The number of hydrogen-bond acceptors (Lipinski definition) is 6. The van der Waals surface area contributed by atoms with E-state index >= 15 is 0 Å². The Balaban J connectivity index is 1.47. The molecule has 1 saturated carbocycles. The number of fused-ring (bicyclic) bond motifs is 1. The van der Waals surface area contributed by atoms with E-state index in [0.29, 0.717) is 11.3 Å². The molecule has 6 nitrogen and oxygen atoms in total. The first-order valence-corrected chi connectivity index (χ1v) is 17.2. The van der Waals surface area contributed by atoms with Gasteiger partial charge in [0.2, 0.25) is 0 Å². The van der Waals surface area contributed by atoms with E-state index in [0.717, 1.165) is 18.4 Å². The van der Waals surface area contributed by atoms with Crippen molar-refractivity contribution >= 4 is 21.4 Å². The van der Waals surface area contributed by atoms with Crippen LogP contribution in [0.1, 0.15) is 89.0 Å². The number of esters is 1. The molecular formula is C31H49BO6Si. The van der Waals surface area contributed by atoms with Crippen molar-refractivity contribution in [2.45, 2.75) is 136 Å². The molecule has 39 heavy (non-hydrogen) atoms. The number of carbonyl (C=O) groups is 1. The van der Waals surface area contributed by atoms with Gasteiger partial charge in [-0.05, 0) is 90.4 Å². The van der Waals surface area contributed by atoms with Gasteiger partial charge in [0, 0.05) is 17.9 Å². The Labute approximate surface area is 237 Å². The summed E-state index contributed by atoms with van der Waals surface area (Å²) in [4.78, 5) is 12.7. The summed E-state index contributed by atoms with van der Waals surface area (Å²) in [6.07, 6.45) is 9.51. The Morgan fingerprint density at radius 3 is 2.18 bits per heavy atom. The van der Waals surface area contributed by atoms with Gasteiger partial charge in [0.1, 0.15) is 17.0 Å². The van der Waals surface area contributed by atoms with Crippen LogP contribution in [0.5, 0.6) is 0 Å². The molecule has 4 aliphatic rings. The maximum Gasteiger partial charge on any atom is 0.487 e. The molecule has 0 aromatic carbocycles. The Bertz CT molecular complexity index is 1140. The van der Waals surface area contributed by atoms with Gasteiger partial charge in [0.05, 0.1) is 16.8 Å². The SMILES string of the molecule is CC(/C=C1C=C(/C=C/[C@@]23O[C@]2(C)C[C@@H](O[Si](C)(C)C(C)(C)C)CC3(C)C)C(=O)O/1)=C\B1OC(C)(C)C(C)(C)O1. The third-order valence-electron chi connectivity index (χ3n) is 10.0. The lowest BCUT2D eigenvalue weighted by molar-refractivity contribution is -0.132. The fourth-order valence-electron chi connectivity index (χ4n) is 5.96. The minimum absolute atomic E-state index is 0.145. The molecule has 2 saturated heterocycles. The van der Waals surface area contributed by atoms with Gasteiger partial charge in [0.15, 0.2) is 8.32 Å². The molecule has 0 bridgehead atoms. The van der Waals surface area contributed by atoms with Gasteiger partial charge in [0.25, 0.3) is 0 Å². The first-order valence-electron chi connectivity index (χ1n) is 14.3. The highest BCUT2D eigenvalue weighted by Gasteiger charge is 2.75. The minimum Gasteiger partial charge on any atom is -0.423 e. The van der Waals surface area contributed by atoms with Crippen LogP contribution in [0.2, 0.25) is 18.1 Å². The average molecular weight is 557 g/mol. The Morgan fingerprint density at radius 2 is 1.64 bits per heavy atom. The monoisotopic (exact) mass is 556 g/mol. The lowest BCUT2D eigenvalue weighted by Crippen LogP contribution is -2.51. The first-order chi connectivity index (χ1) is 17.5. The van der Waals surface area contributed by atoms with Crippen LogP contribution in [0.25, 0.3) is 0 Å². The van der Waals surface area contributed by atoms with Crippen LogP contribution >= 0.6 is 0 Å². The van der Waals surface area contributed by atoms with Crippen LogP contribution < -0.4 is 0 Å². The van der Waals surface area contributed by atoms with Gasteiger partial charge in [-0.15, -0.1) is 0 Å². The lowest BCUT2D eigenvalue weighted by Gasteiger charge is -2.45. The Hall–Kier alpha value is -1.45. The molecule has 3 aliphatic heterocycles. The third-order valence-corrected chi connectivity index (χ3v) is 14.6. The molecule has 0 aromatic rings.